The summed E-state index contributed by atoms with van der Waals surface area (Å²) in [7, 11) is 1.60. The van der Waals surface area contributed by atoms with Gasteiger partial charge in [-0.05, 0) is 18.6 Å². The Morgan fingerprint density at radius 3 is 2.86 bits per heavy atom. The summed E-state index contributed by atoms with van der Waals surface area (Å²) in [6.07, 6.45) is 2.74. The van der Waals surface area contributed by atoms with Crippen molar-refractivity contribution in [1.29, 1.82) is 0 Å². The summed E-state index contributed by atoms with van der Waals surface area (Å²) in [6.45, 7) is 3.08. The largest absolute Gasteiger partial charge is 0.497 e. The predicted octanol–water partition coefficient (Wildman–Crippen LogP) is 2.48. The van der Waals surface area contributed by atoms with Gasteiger partial charge in [-0.3, -0.25) is 4.79 Å². The van der Waals surface area contributed by atoms with E-state index in [0.717, 1.165) is 25.1 Å². The monoisotopic (exact) mass is 289 g/mol. The average Bonchev–Trinajstić information content (AvgIpc) is 2.93. The van der Waals surface area contributed by atoms with Gasteiger partial charge in [-0.1, -0.05) is 24.6 Å². The van der Waals surface area contributed by atoms with Crippen molar-refractivity contribution >= 4 is 6.29 Å². The first-order valence-electron chi connectivity index (χ1n) is 6.93. The van der Waals surface area contributed by atoms with Crippen LogP contribution in [0.5, 0.6) is 11.5 Å². The Morgan fingerprint density at radius 2 is 2.14 bits per heavy atom. The molecule has 0 N–H and O–H groups in total. The molecule has 0 bridgehead atoms. The molecule has 0 atom stereocenters. The molecule has 0 aliphatic heterocycles. The smallest absolute Gasteiger partial charge is 0.172 e. The molecule has 0 fully saturated rings. The number of hydrogen-bond acceptors (Lipinski definition) is 5. The Balaban J connectivity index is 2.10. The number of hydrogen-bond donors (Lipinski definition) is 0. The van der Waals surface area contributed by atoms with Crippen molar-refractivity contribution in [2.75, 3.05) is 7.11 Å². The highest BCUT2D eigenvalue weighted by Gasteiger charge is 2.12. The number of rotatable bonds is 8. The van der Waals surface area contributed by atoms with E-state index in [4.69, 9.17) is 9.47 Å². The Bertz CT molecular complexity index is 596. The third kappa shape index (κ3) is 3.81. The van der Waals surface area contributed by atoms with Gasteiger partial charge in [-0.2, -0.15) is 0 Å². The molecule has 0 aliphatic rings. The lowest BCUT2D eigenvalue weighted by atomic mass is 10.3. The molecule has 0 unspecified atom stereocenters. The minimum absolute atomic E-state index is 0.248. The van der Waals surface area contributed by atoms with Crippen molar-refractivity contribution in [3.8, 4) is 11.5 Å². The van der Waals surface area contributed by atoms with Gasteiger partial charge < -0.3 is 9.47 Å². The fourth-order valence-corrected chi connectivity index (χ4v) is 1.92. The molecule has 1 aromatic carbocycles. The zero-order chi connectivity index (χ0) is 15.1. The van der Waals surface area contributed by atoms with E-state index >= 15 is 0 Å². The number of carbonyl (C=O) groups is 1. The maximum Gasteiger partial charge on any atom is 0.172 e. The SMILES string of the molecule is CCCCn1nnc(C=O)c1COc1cccc(OC)c1. The normalized spacial score (nSPS) is 10.4. The van der Waals surface area contributed by atoms with E-state index in [2.05, 4.69) is 17.2 Å². The Hall–Kier alpha value is -2.37. The van der Waals surface area contributed by atoms with E-state index in [1.54, 1.807) is 17.9 Å². The van der Waals surface area contributed by atoms with Gasteiger partial charge >= 0.3 is 0 Å². The first-order chi connectivity index (χ1) is 10.3. The standard InChI is InChI=1S/C15H19N3O3/c1-3-4-8-18-15(14(10-19)16-17-18)11-21-13-7-5-6-12(9-13)20-2/h5-7,9-10H,3-4,8,11H2,1-2H3. The van der Waals surface area contributed by atoms with Crippen LogP contribution in [-0.4, -0.2) is 28.4 Å². The van der Waals surface area contributed by atoms with Gasteiger partial charge in [-0.25, -0.2) is 4.68 Å². The number of aromatic nitrogens is 3. The highest BCUT2D eigenvalue weighted by atomic mass is 16.5. The van der Waals surface area contributed by atoms with Crippen LogP contribution in [0.3, 0.4) is 0 Å². The van der Waals surface area contributed by atoms with Crippen molar-refractivity contribution in [3.05, 3.63) is 35.7 Å². The van der Waals surface area contributed by atoms with Gasteiger partial charge in [0.1, 0.15) is 23.8 Å². The number of unbranched alkanes of at least 4 members (excludes halogenated alkanes) is 1. The zero-order valence-corrected chi connectivity index (χ0v) is 12.3. The van der Waals surface area contributed by atoms with Crippen LogP contribution < -0.4 is 9.47 Å². The highest BCUT2D eigenvalue weighted by Crippen LogP contribution is 2.20. The molecule has 0 radical (unpaired) electrons. The van der Waals surface area contributed by atoms with Crippen LogP contribution in [0.1, 0.15) is 35.9 Å². The summed E-state index contributed by atoms with van der Waals surface area (Å²) in [5, 5.41) is 7.87. The minimum Gasteiger partial charge on any atom is -0.497 e. The van der Waals surface area contributed by atoms with E-state index in [1.165, 1.54) is 0 Å². The summed E-state index contributed by atoms with van der Waals surface area (Å²) in [6, 6.07) is 7.32. The summed E-state index contributed by atoms with van der Waals surface area (Å²) >= 11 is 0. The van der Waals surface area contributed by atoms with Gasteiger partial charge in [0.15, 0.2) is 12.0 Å². The number of benzene rings is 1. The van der Waals surface area contributed by atoms with E-state index < -0.39 is 0 Å². The molecule has 21 heavy (non-hydrogen) atoms. The Kier molecular flexibility index (Phi) is 5.31. The number of aldehydes is 1. The van der Waals surface area contributed by atoms with Crippen LogP contribution in [-0.2, 0) is 13.2 Å². The molecule has 0 saturated carbocycles. The van der Waals surface area contributed by atoms with Crippen molar-refractivity contribution in [2.24, 2.45) is 0 Å². The quantitative estimate of drug-likeness (QED) is 0.698. The lowest BCUT2D eigenvalue weighted by Gasteiger charge is -2.09. The summed E-state index contributed by atoms with van der Waals surface area (Å²) in [5.41, 5.74) is 1.02. The number of methoxy groups -OCH3 is 1. The maximum absolute atomic E-state index is 11.0. The van der Waals surface area contributed by atoms with Gasteiger partial charge in [0.05, 0.1) is 7.11 Å². The topological polar surface area (TPSA) is 66.2 Å². The molecule has 2 aromatic rings. The zero-order valence-electron chi connectivity index (χ0n) is 12.3. The molecule has 0 aliphatic carbocycles. The van der Waals surface area contributed by atoms with Crippen LogP contribution in [0, 0.1) is 0 Å². The third-order valence-corrected chi connectivity index (χ3v) is 3.12. The minimum atomic E-state index is 0.248. The molecular formula is C15H19N3O3. The molecule has 112 valence electrons. The number of nitrogens with zero attached hydrogens (tertiary/aromatic N) is 3. The average molecular weight is 289 g/mol. The van der Waals surface area contributed by atoms with Crippen molar-refractivity contribution in [1.82, 2.24) is 15.0 Å². The van der Waals surface area contributed by atoms with Gasteiger partial charge in [0.25, 0.3) is 0 Å². The third-order valence-electron chi connectivity index (χ3n) is 3.12. The molecule has 0 saturated heterocycles. The molecule has 6 nitrogen and oxygen atoms in total. The van der Waals surface area contributed by atoms with Crippen LogP contribution in [0.4, 0.5) is 0 Å². The Labute approximate surface area is 123 Å². The number of carbonyl (C=O) groups excluding carboxylic acids is 1. The molecule has 2 rings (SSSR count). The Morgan fingerprint density at radius 1 is 1.33 bits per heavy atom. The first-order valence-corrected chi connectivity index (χ1v) is 6.93. The van der Waals surface area contributed by atoms with Gasteiger partial charge in [0, 0.05) is 12.6 Å². The van der Waals surface area contributed by atoms with E-state index in [1.807, 2.05) is 18.2 Å². The summed E-state index contributed by atoms with van der Waals surface area (Å²) in [5.74, 6) is 1.40. The summed E-state index contributed by atoms with van der Waals surface area (Å²) < 4.78 is 12.6. The second-order valence-corrected chi connectivity index (χ2v) is 4.58. The van der Waals surface area contributed by atoms with E-state index in [-0.39, 0.29) is 6.61 Å². The van der Waals surface area contributed by atoms with E-state index in [0.29, 0.717) is 23.4 Å². The van der Waals surface area contributed by atoms with E-state index in [9.17, 15) is 4.79 Å². The van der Waals surface area contributed by atoms with Crippen LogP contribution in [0.25, 0.3) is 0 Å². The van der Waals surface area contributed by atoms with Crippen LogP contribution >= 0.6 is 0 Å². The maximum atomic E-state index is 11.0. The molecule has 0 spiro atoms. The number of aryl methyl sites for hydroxylation is 1. The predicted molar refractivity (Wildman–Crippen MR) is 77.6 cm³/mol. The van der Waals surface area contributed by atoms with Crippen LogP contribution in [0.2, 0.25) is 0 Å². The van der Waals surface area contributed by atoms with Crippen LogP contribution in [0.15, 0.2) is 24.3 Å². The summed E-state index contributed by atoms with van der Waals surface area (Å²) in [4.78, 5) is 11.0. The van der Waals surface area contributed by atoms with Crippen molar-refractivity contribution in [3.63, 3.8) is 0 Å². The lowest BCUT2D eigenvalue weighted by Crippen LogP contribution is -2.09. The highest BCUT2D eigenvalue weighted by molar-refractivity contribution is 5.73. The molecular weight excluding hydrogens is 270 g/mol. The molecule has 0 amide bonds. The molecule has 6 heteroatoms. The van der Waals surface area contributed by atoms with Crippen molar-refractivity contribution in [2.45, 2.75) is 32.9 Å². The first kappa shape index (κ1) is 15.0. The fraction of sp³-hybridized carbons (Fsp3) is 0.400. The fourth-order valence-electron chi connectivity index (χ4n) is 1.92. The number of ether oxygens (including phenoxy) is 2. The van der Waals surface area contributed by atoms with Gasteiger partial charge in [-0.15, -0.1) is 5.10 Å². The van der Waals surface area contributed by atoms with Gasteiger partial charge in [0.2, 0.25) is 0 Å². The lowest BCUT2D eigenvalue weighted by molar-refractivity contribution is 0.111. The molecule has 1 heterocycles. The molecule has 1 aromatic heterocycles. The second kappa shape index (κ2) is 7.42. The van der Waals surface area contributed by atoms with Crippen molar-refractivity contribution < 1.29 is 14.3 Å². The second-order valence-electron chi connectivity index (χ2n) is 4.58.